The molecule has 0 aromatic carbocycles. The molecule has 0 saturated carbocycles. The summed E-state index contributed by atoms with van der Waals surface area (Å²) in [6.45, 7) is 1.36. The first-order valence-corrected chi connectivity index (χ1v) is 7.21. The summed E-state index contributed by atoms with van der Waals surface area (Å²) in [5, 5.41) is 6.35. The first-order chi connectivity index (χ1) is 11.1. The Hall–Kier alpha value is -2.68. The molecule has 1 aliphatic rings. The molecule has 2 amide bonds. The summed E-state index contributed by atoms with van der Waals surface area (Å²) in [5.41, 5.74) is 0.752. The van der Waals surface area contributed by atoms with Crippen LogP contribution >= 0.6 is 0 Å². The molecule has 2 aromatic rings. The summed E-state index contributed by atoms with van der Waals surface area (Å²) < 4.78 is 10.4. The summed E-state index contributed by atoms with van der Waals surface area (Å²) >= 11 is 0. The fraction of sp³-hybridized carbons (Fsp3) is 0.429. The van der Waals surface area contributed by atoms with Gasteiger partial charge in [0.05, 0.1) is 18.8 Å². The second-order valence-corrected chi connectivity index (χ2v) is 5.30. The van der Waals surface area contributed by atoms with Crippen LogP contribution in [0.25, 0.3) is 0 Å². The third kappa shape index (κ3) is 3.57. The van der Waals surface area contributed by atoms with Gasteiger partial charge >= 0.3 is 6.03 Å². The fourth-order valence-corrected chi connectivity index (χ4v) is 2.24. The van der Waals surface area contributed by atoms with Gasteiger partial charge in [0.2, 0.25) is 5.95 Å². The lowest BCUT2D eigenvalue weighted by molar-refractivity contribution is -0.0157. The molecule has 0 spiro atoms. The Morgan fingerprint density at radius 3 is 3.04 bits per heavy atom. The van der Waals surface area contributed by atoms with Crippen molar-refractivity contribution in [3.63, 3.8) is 0 Å². The molecule has 9 heteroatoms. The molecule has 3 heterocycles. The first kappa shape index (κ1) is 15.2. The monoisotopic (exact) mass is 318 g/mol. The van der Waals surface area contributed by atoms with Gasteiger partial charge in [0.25, 0.3) is 0 Å². The van der Waals surface area contributed by atoms with E-state index in [1.54, 1.807) is 23.2 Å². The second kappa shape index (κ2) is 6.61. The van der Waals surface area contributed by atoms with E-state index in [4.69, 9.17) is 9.26 Å². The van der Waals surface area contributed by atoms with E-state index in [-0.39, 0.29) is 12.1 Å². The SMILES string of the molecule is CN(C)c1nccc([C@@H]2CN(C(=O)Nc3ccon3)CCO2)n1. The standard InChI is InChI=1S/C14H18N6O3/c1-19(2)13-15-5-3-10(16-13)11-9-20(6-8-22-11)14(21)17-12-4-7-23-18-12/h3-5,7,11H,6,8-9H2,1-2H3,(H,17,18,21)/t11-/m0/s1. The molecule has 2 aromatic heterocycles. The van der Waals surface area contributed by atoms with E-state index in [0.29, 0.717) is 31.5 Å². The minimum Gasteiger partial charge on any atom is -0.368 e. The normalized spacial score (nSPS) is 17.8. The molecule has 23 heavy (non-hydrogen) atoms. The summed E-state index contributed by atoms with van der Waals surface area (Å²) in [4.78, 5) is 24.4. The maximum Gasteiger partial charge on any atom is 0.323 e. The van der Waals surface area contributed by atoms with E-state index in [0.717, 1.165) is 5.69 Å². The van der Waals surface area contributed by atoms with E-state index in [2.05, 4.69) is 20.4 Å². The topological polar surface area (TPSA) is 96.6 Å². The van der Waals surface area contributed by atoms with Crippen molar-refractivity contribution in [2.75, 3.05) is 44.0 Å². The van der Waals surface area contributed by atoms with Crippen molar-refractivity contribution in [2.24, 2.45) is 0 Å². The van der Waals surface area contributed by atoms with Gasteiger partial charge in [-0.3, -0.25) is 5.32 Å². The van der Waals surface area contributed by atoms with Crippen molar-refractivity contribution >= 4 is 17.8 Å². The van der Waals surface area contributed by atoms with Crippen LogP contribution in [-0.4, -0.2) is 59.8 Å². The summed E-state index contributed by atoms with van der Waals surface area (Å²) in [6.07, 6.45) is 2.81. The largest absolute Gasteiger partial charge is 0.368 e. The Morgan fingerprint density at radius 2 is 2.30 bits per heavy atom. The molecular formula is C14H18N6O3. The minimum atomic E-state index is -0.284. The summed E-state index contributed by atoms with van der Waals surface area (Å²) in [5.74, 6) is 0.991. The average Bonchev–Trinajstić information content (AvgIpc) is 3.08. The lowest BCUT2D eigenvalue weighted by Gasteiger charge is -2.32. The lowest BCUT2D eigenvalue weighted by atomic mass is 10.2. The molecule has 1 fully saturated rings. The quantitative estimate of drug-likeness (QED) is 0.906. The van der Waals surface area contributed by atoms with Gasteiger partial charge in [-0.15, -0.1) is 0 Å². The number of rotatable bonds is 3. The van der Waals surface area contributed by atoms with Gasteiger partial charge in [-0.05, 0) is 6.07 Å². The molecule has 0 radical (unpaired) electrons. The van der Waals surface area contributed by atoms with Crippen LogP contribution in [0.4, 0.5) is 16.6 Å². The number of carbonyl (C=O) groups excluding carboxylic acids is 1. The van der Waals surface area contributed by atoms with Crippen molar-refractivity contribution in [1.82, 2.24) is 20.0 Å². The van der Waals surface area contributed by atoms with Crippen LogP contribution in [0, 0.1) is 0 Å². The third-order valence-corrected chi connectivity index (χ3v) is 3.42. The van der Waals surface area contributed by atoms with Crippen LogP contribution in [0.15, 0.2) is 29.1 Å². The van der Waals surface area contributed by atoms with E-state index < -0.39 is 0 Å². The van der Waals surface area contributed by atoms with E-state index in [1.165, 1.54) is 6.26 Å². The minimum absolute atomic E-state index is 0.242. The molecular weight excluding hydrogens is 300 g/mol. The number of hydrogen-bond acceptors (Lipinski definition) is 7. The number of urea groups is 1. The Labute approximate surface area is 133 Å². The summed E-state index contributed by atoms with van der Waals surface area (Å²) in [6, 6.07) is 3.15. The van der Waals surface area contributed by atoms with E-state index in [1.807, 2.05) is 19.0 Å². The van der Waals surface area contributed by atoms with Gasteiger partial charge in [-0.25, -0.2) is 14.8 Å². The Morgan fingerprint density at radius 1 is 1.43 bits per heavy atom. The van der Waals surface area contributed by atoms with Crippen LogP contribution in [0.1, 0.15) is 11.8 Å². The molecule has 1 atom stereocenters. The number of amides is 2. The maximum absolute atomic E-state index is 12.3. The van der Waals surface area contributed by atoms with Gasteiger partial charge in [-0.1, -0.05) is 5.16 Å². The Balaban J connectivity index is 1.68. The molecule has 0 bridgehead atoms. The number of nitrogens with one attached hydrogen (secondary N) is 1. The van der Waals surface area contributed by atoms with Gasteiger partial charge < -0.3 is 19.1 Å². The molecule has 1 saturated heterocycles. The predicted octanol–water partition coefficient (Wildman–Crippen LogP) is 1.14. The zero-order chi connectivity index (χ0) is 16.2. The van der Waals surface area contributed by atoms with E-state index >= 15 is 0 Å². The zero-order valence-electron chi connectivity index (χ0n) is 13.0. The number of ether oxygens (including phenoxy) is 1. The second-order valence-electron chi connectivity index (χ2n) is 5.30. The van der Waals surface area contributed by atoms with Crippen molar-refractivity contribution < 1.29 is 14.1 Å². The zero-order valence-corrected chi connectivity index (χ0v) is 13.0. The molecule has 1 N–H and O–H groups in total. The Kier molecular flexibility index (Phi) is 4.38. The highest BCUT2D eigenvalue weighted by Gasteiger charge is 2.27. The van der Waals surface area contributed by atoms with Gasteiger partial charge in [-0.2, -0.15) is 0 Å². The third-order valence-electron chi connectivity index (χ3n) is 3.42. The van der Waals surface area contributed by atoms with E-state index in [9.17, 15) is 4.79 Å². The number of anilines is 2. The lowest BCUT2D eigenvalue weighted by Crippen LogP contribution is -2.44. The van der Waals surface area contributed by atoms with Crippen molar-refractivity contribution in [3.8, 4) is 0 Å². The molecule has 122 valence electrons. The molecule has 0 unspecified atom stereocenters. The van der Waals surface area contributed by atoms with Crippen LogP contribution in [-0.2, 0) is 4.74 Å². The molecule has 1 aliphatic heterocycles. The van der Waals surface area contributed by atoms with Crippen molar-refractivity contribution in [2.45, 2.75) is 6.10 Å². The molecule has 9 nitrogen and oxygen atoms in total. The maximum atomic E-state index is 12.3. The smallest absolute Gasteiger partial charge is 0.323 e. The highest BCUT2D eigenvalue weighted by molar-refractivity contribution is 5.88. The molecule has 0 aliphatic carbocycles. The molecule has 3 rings (SSSR count). The average molecular weight is 318 g/mol. The highest BCUT2D eigenvalue weighted by Crippen LogP contribution is 2.22. The van der Waals surface area contributed by atoms with Gasteiger partial charge in [0.1, 0.15) is 12.4 Å². The number of carbonyl (C=O) groups is 1. The number of aromatic nitrogens is 3. The fourth-order valence-electron chi connectivity index (χ4n) is 2.24. The van der Waals surface area contributed by atoms with Crippen molar-refractivity contribution in [1.29, 1.82) is 0 Å². The highest BCUT2D eigenvalue weighted by atomic mass is 16.5. The number of hydrogen-bond donors (Lipinski definition) is 1. The van der Waals surface area contributed by atoms with Gasteiger partial charge in [0.15, 0.2) is 5.82 Å². The first-order valence-electron chi connectivity index (χ1n) is 7.21. The van der Waals surface area contributed by atoms with Gasteiger partial charge in [0, 0.05) is 32.9 Å². The predicted molar refractivity (Wildman–Crippen MR) is 82.1 cm³/mol. The summed E-state index contributed by atoms with van der Waals surface area (Å²) in [7, 11) is 3.75. The van der Waals surface area contributed by atoms with Crippen LogP contribution in [0.5, 0.6) is 0 Å². The number of nitrogens with zero attached hydrogens (tertiary/aromatic N) is 5. The van der Waals surface area contributed by atoms with Crippen LogP contribution < -0.4 is 10.2 Å². The van der Waals surface area contributed by atoms with Crippen LogP contribution in [0.2, 0.25) is 0 Å². The number of morpholine rings is 1. The van der Waals surface area contributed by atoms with Crippen LogP contribution in [0.3, 0.4) is 0 Å². The Bertz CT molecular complexity index is 660. The van der Waals surface area contributed by atoms with Crippen molar-refractivity contribution in [3.05, 3.63) is 30.3 Å².